The van der Waals surface area contributed by atoms with Crippen molar-refractivity contribution >= 4 is 0 Å². The van der Waals surface area contributed by atoms with Gasteiger partial charge in [-0.3, -0.25) is 0 Å². The maximum Gasteiger partial charge on any atom is 0.391 e. The van der Waals surface area contributed by atoms with Crippen LogP contribution in [0.15, 0.2) is 12.7 Å². The molecule has 0 bridgehead atoms. The van der Waals surface area contributed by atoms with E-state index in [1.807, 2.05) is 0 Å². The Hall–Kier alpha value is -0.470. The first-order valence-electron chi connectivity index (χ1n) is 3.66. The molecule has 0 heterocycles. The fraction of sp³-hybridized carbons (Fsp3) is 0.750. The first-order chi connectivity index (χ1) is 4.98. The van der Waals surface area contributed by atoms with Gasteiger partial charge in [-0.25, -0.2) is 0 Å². The van der Waals surface area contributed by atoms with Crippen molar-refractivity contribution in [3.05, 3.63) is 12.7 Å². The van der Waals surface area contributed by atoms with Crippen molar-refractivity contribution in [1.82, 2.24) is 0 Å². The van der Waals surface area contributed by atoms with Gasteiger partial charge in [-0.05, 0) is 19.3 Å². The van der Waals surface area contributed by atoms with Crippen molar-refractivity contribution in [3.63, 3.8) is 0 Å². The molecule has 1 unspecified atom stereocenters. The van der Waals surface area contributed by atoms with Crippen LogP contribution in [-0.2, 0) is 0 Å². The number of rotatable bonds is 4. The third-order valence-corrected chi connectivity index (χ3v) is 1.60. The van der Waals surface area contributed by atoms with Gasteiger partial charge in [-0.1, -0.05) is 13.0 Å². The summed E-state index contributed by atoms with van der Waals surface area (Å²) in [6, 6.07) is 0. The van der Waals surface area contributed by atoms with Gasteiger partial charge in [0.1, 0.15) is 0 Å². The van der Waals surface area contributed by atoms with E-state index in [9.17, 15) is 13.2 Å². The van der Waals surface area contributed by atoms with Crippen molar-refractivity contribution < 1.29 is 13.2 Å². The lowest BCUT2D eigenvalue weighted by molar-refractivity contribution is -0.171. The summed E-state index contributed by atoms with van der Waals surface area (Å²) in [7, 11) is 0. The predicted octanol–water partition coefficient (Wildman–Crippen LogP) is 3.54. The van der Waals surface area contributed by atoms with E-state index in [4.69, 9.17) is 0 Å². The average molecular weight is 166 g/mol. The molecule has 3 heteroatoms. The fourth-order valence-corrected chi connectivity index (χ4v) is 0.732. The van der Waals surface area contributed by atoms with Crippen LogP contribution in [0.4, 0.5) is 13.2 Å². The van der Waals surface area contributed by atoms with Crippen LogP contribution in [0.2, 0.25) is 0 Å². The number of halogens is 3. The zero-order chi connectivity index (χ0) is 8.91. The topological polar surface area (TPSA) is 0 Å². The van der Waals surface area contributed by atoms with Crippen LogP contribution < -0.4 is 0 Å². The minimum absolute atomic E-state index is 0.204. The van der Waals surface area contributed by atoms with Crippen molar-refractivity contribution in [2.45, 2.75) is 32.4 Å². The Morgan fingerprint density at radius 1 is 1.45 bits per heavy atom. The Morgan fingerprint density at radius 2 is 2.00 bits per heavy atom. The lowest BCUT2D eigenvalue weighted by atomic mass is 10.0. The molecule has 0 aliphatic rings. The van der Waals surface area contributed by atoms with Gasteiger partial charge in [0.25, 0.3) is 0 Å². The normalized spacial score (nSPS) is 14.5. The van der Waals surface area contributed by atoms with Gasteiger partial charge < -0.3 is 0 Å². The SMILES string of the molecule is C=CCCCC(C)C(F)(F)F. The van der Waals surface area contributed by atoms with Crippen LogP contribution in [0.5, 0.6) is 0 Å². The number of unbranched alkanes of at least 4 members (excludes halogenated alkanes) is 1. The molecule has 0 amide bonds. The minimum atomic E-state index is -4.03. The molecular weight excluding hydrogens is 153 g/mol. The molecule has 0 aliphatic carbocycles. The Balaban J connectivity index is 3.52. The van der Waals surface area contributed by atoms with E-state index in [-0.39, 0.29) is 6.42 Å². The molecule has 1 atom stereocenters. The molecule has 0 aromatic carbocycles. The molecule has 0 aliphatic heterocycles. The first kappa shape index (κ1) is 10.5. The highest BCUT2D eigenvalue weighted by molar-refractivity contribution is 4.68. The van der Waals surface area contributed by atoms with Crippen molar-refractivity contribution in [3.8, 4) is 0 Å². The summed E-state index contributed by atoms with van der Waals surface area (Å²) in [6.07, 6.45) is -0.940. The van der Waals surface area contributed by atoms with E-state index < -0.39 is 12.1 Å². The summed E-state index contributed by atoms with van der Waals surface area (Å²) in [6.45, 7) is 4.65. The molecule has 0 fully saturated rings. The van der Waals surface area contributed by atoms with Crippen molar-refractivity contribution in [2.24, 2.45) is 5.92 Å². The summed E-state index contributed by atoms with van der Waals surface area (Å²) >= 11 is 0. The largest absolute Gasteiger partial charge is 0.391 e. The summed E-state index contributed by atoms with van der Waals surface area (Å²) < 4.78 is 35.6. The molecule has 0 radical (unpaired) electrons. The van der Waals surface area contributed by atoms with Crippen LogP contribution in [0, 0.1) is 5.92 Å². The maximum atomic E-state index is 11.9. The second-order valence-electron chi connectivity index (χ2n) is 2.66. The molecular formula is C8H13F3. The van der Waals surface area contributed by atoms with Crippen LogP contribution in [0.25, 0.3) is 0 Å². The maximum absolute atomic E-state index is 11.9. The van der Waals surface area contributed by atoms with E-state index >= 15 is 0 Å². The fourth-order valence-electron chi connectivity index (χ4n) is 0.732. The van der Waals surface area contributed by atoms with Crippen LogP contribution in [-0.4, -0.2) is 6.18 Å². The monoisotopic (exact) mass is 166 g/mol. The quantitative estimate of drug-likeness (QED) is 0.442. The zero-order valence-corrected chi connectivity index (χ0v) is 6.62. The molecule has 0 saturated heterocycles. The minimum Gasteiger partial charge on any atom is -0.171 e. The molecule has 0 saturated carbocycles. The lowest BCUT2D eigenvalue weighted by Gasteiger charge is -2.14. The average Bonchev–Trinajstić information content (AvgIpc) is 1.86. The third kappa shape index (κ3) is 4.87. The van der Waals surface area contributed by atoms with E-state index in [0.29, 0.717) is 12.8 Å². The highest BCUT2D eigenvalue weighted by Crippen LogP contribution is 2.29. The van der Waals surface area contributed by atoms with Crippen molar-refractivity contribution in [1.29, 1.82) is 0 Å². The van der Waals surface area contributed by atoms with Gasteiger partial charge in [-0.15, -0.1) is 6.58 Å². The smallest absolute Gasteiger partial charge is 0.171 e. The van der Waals surface area contributed by atoms with Gasteiger partial charge in [0.2, 0.25) is 0 Å². The molecule has 0 aromatic rings. The number of hydrogen-bond donors (Lipinski definition) is 0. The summed E-state index contributed by atoms with van der Waals surface area (Å²) in [5.41, 5.74) is 0. The summed E-state index contributed by atoms with van der Waals surface area (Å²) in [5, 5.41) is 0. The number of allylic oxidation sites excluding steroid dienone is 1. The van der Waals surface area contributed by atoms with Crippen LogP contribution in [0.1, 0.15) is 26.2 Å². The Morgan fingerprint density at radius 3 is 2.36 bits per heavy atom. The third-order valence-electron chi connectivity index (χ3n) is 1.60. The lowest BCUT2D eigenvalue weighted by Crippen LogP contribution is -2.19. The van der Waals surface area contributed by atoms with Gasteiger partial charge in [0.15, 0.2) is 0 Å². The molecule has 0 rings (SSSR count). The van der Waals surface area contributed by atoms with E-state index in [0.717, 1.165) is 0 Å². The molecule has 11 heavy (non-hydrogen) atoms. The van der Waals surface area contributed by atoms with Crippen molar-refractivity contribution in [2.75, 3.05) is 0 Å². The standard InChI is InChI=1S/C8H13F3/c1-3-4-5-6-7(2)8(9,10)11/h3,7H,1,4-6H2,2H3. The van der Waals surface area contributed by atoms with E-state index in [1.165, 1.54) is 6.92 Å². The van der Waals surface area contributed by atoms with Gasteiger partial charge in [0.05, 0.1) is 5.92 Å². The highest BCUT2D eigenvalue weighted by atomic mass is 19.4. The highest BCUT2D eigenvalue weighted by Gasteiger charge is 2.34. The van der Waals surface area contributed by atoms with Crippen LogP contribution >= 0.6 is 0 Å². The number of hydrogen-bond acceptors (Lipinski definition) is 0. The summed E-state index contributed by atoms with van der Waals surface area (Å²) in [5.74, 6) is -1.18. The van der Waals surface area contributed by atoms with Gasteiger partial charge in [-0.2, -0.15) is 13.2 Å². The second kappa shape index (κ2) is 4.42. The van der Waals surface area contributed by atoms with E-state index in [2.05, 4.69) is 6.58 Å². The van der Waals surface area contributed by atoms with Crippen LogP contribution in [0.3, 0.4) is 0 Å². The number of alkyl halides is 3. The molecule has 0 spiro atoms. The molecule has 66 valence electrons. The second-order valence-corrected chi connectivity index (χ2v) is 2.66. The molecule has 0 nitrogen and oxygen atoms in total. The first-order valence-corrected chi connectivity index (χ1v) is 3.66. The van der Waals surface area contributed by atoms with Gasteiger partial charge in [0, 0.05) is 0 Å². The van der Waals surface area contributed by atoms with E-state index in [1.54, 1.807) is 6.08 Å². The molecule has 0 aromatic heterocycles. The Bertz CT molecular complexity index is 115. The Kier molecular flexibility index (Phi) is 4.23. The van der Waals surface area contributed by atoms with Gasteiger partial charge >= 0.3 is 6.18 Å². The molecule has 0 N–H and O–H groups in total. The zero-order valence-electron chi connectivity index (χ0n) is 6.62. The predicted molar refractivity (Wildman–Crippen MR) is 39.3 cm³/mol. The summed E-state index contributed by atoms with van der Waals surface area (Å²) in [4.78, 5) is 0. The Labute approximate surface area is 65.1 Å².